The molecule has 0 saturated carbocycles. The summed E-state index contributed by atoms with van der Waals surface area (Å²) in [5.41, 5.74) is 7.99. The van der Waals surface area contributed by atoms with Crippen LogP contribution in [-0.2, 0) is 26.6 Å². The van der Waals surface area contributed by atoms with Crippen molar-refractivity contribution in [1.82, 2.24) is 24.6 Å². The lowest BCUT2D eigenvalue weighted by molar-refractivity contribution is 0.0994. The number of amides is 1. The molecular weight excluding hydrogens is 363 g/mol. The molecule has 1 aromatic carbocycles. The molecule has 0 saturated heterocycles. The third kappa shape index (κ3) is 3.31. The quantitative estimate of drug-likeness (QED) is 0.705. The number of fused-ring (bicyclic) bond motifs is 1. The van der Waals surface area contributed by atoms with Gasteiger partial charge in [0.1, 0.15) is 29.4 Å². The lowest BCUT2D eigenvalue weighted by atomic mass is 9.92. The minimum Gasteiger partial charge on any atom is -0.508 e. The molecule has 1 aliphatic heterocycles. The molecule has 3 aromatic rings. The van der Waals surface area contributed by atoms with Crippen molar-refractivity contribution in [2.24, 2.45) is 12.8 Å². The maximum Gasteiger partial charge on any atom is 0.267 e. The van der Waals surface area contributed by atoms with Gasteiger partial charge in [-0.15, -0.1) is 0 Å². The highest BCUT2D eigenvalue weighted by Crippen LogP contribution is 2.33. The van der Waals surface area contributed by atoms with E-state index in [-0.39, 0.29) is 11.4 Å². The topological polar surface area (TPSA) is 110 Å². The number of hydrogen-bond acceptors (Lipinski definition) is 6. The molecular formula is C19H19FN6O2. The Balaban J connectivity index is 1.74. The highest BCUT2D eigenvalue weighted by molar-refractivity contribution is 5.92. The Morgan fingerprint density at radius 3 is 2.82 bits per heavy atom. The molecule has 0 unspecified atom stereocenters. The van der Waals surface area contributed by atoms with Crippen molar-refractivity contribution >= 4 is 5.91 Å². The summed E-state index contributed by atoms with van der Waals surface area (Å²) in [7, 11) is 1.83. The minimum absolute atomic E-state index is 0.0849. The van der Waals surface area contributed by atoms with E-state index in [0.717, 1.165) is 24.0 Å². The second-order valence-corrected chi connectivity index (χ2v) is 6.77. The van der Waals surface area contributed by atoms with Crippen LogP contribution in [0.3, 0.4) is 0 Å². The van der Waals surface area contributed by atoms with Crippen molar-refractivity contribution < 1.29 is 14.3 Å². The van der Waals surface area contributed by atoms with E-state index in [0.29, 0.717) is 36.3 Å². The van der Waals surface area contributed by atoms with E-state index in [1.54, 1.807) is 4.68 Å². The van der Waals surface area contributed by atoms with Crippen LogP contribution in [-0.4, -0.2) is 42.2 Å². The fourth-order valence-electron chi connectivity index (χ4n) is 3.48. The standard InChI is InChI=1S/C19H19FN6O2/c1-25-18(22-10-23-25)9-26-5-4-13-14(12-3-2-11(27)6-15(12)20)7-16(19(21)28)24-17(13)8-26/h2-3,6-7,10,27H,4-5,8-9H2,1H3,(H2,21,28). The van der Waals surface area contributed by atoms with Crippen molar-refractivity contribution in [3.05, 3.63) is 59.2 Å². The van der Waals surface area contributed by atoms with Crippen LogP contribution in [0.4, 0.5) is 4.39 Å². The summed E-state index contributed by atoms with van der Waals surface area (Å²) in [4.78, 5) is 22.6. The summed E-state index contributed by atoms with van der Waals surface area (Å²) in [6, 6.07) is 5.49. The third-order valence-electron chi connectivity index (χ3n) is 4.93. The van der Waals surface area contributed by atoms with Crippen LogP contribution in [0, 0.1) is 5.82 Å². The summed E-state index contributed by atoms with van der Waals surface area (Å²) in [5, 5.41) is 13.6. The molecule has 28 heavy (non-hydrogen) atoms. The zero-order chi connectivity index (χ0) is 19.8. The second-order valence-electron chi connectivity index (χ2n) is 6.77. The largest absolute Gasteiger partial charge is 0.508 e. The van der Waals surface area contributed by atoms with Gasteiger partial charge in [0.15, 0.2) is 0 Å². The normalized spacial score (nSPS) is 14.1. The number of primary amides is 1. The summed E-state index contributed by atoms with van der Waals surface area (Å²) in [6.07, 6.45) is 2.14. The van der Waals surface area contributed by atoms with Crippen LogP contribution >= 0.6 is 0 Å². The molecule has 1 aliphatic rings. The number of nitrogens with zero attached hydrogens (tertiary/aromatic N) is 5. The Morgan fingerprint density at radius 1 is 1.32 bits per heavy atom. The van der Waals surface area contributed by atoms with Gasteiger partial charge in [-0.05, 0) is 35.7 Å². The van der Waals surface area contributed by atoms with Crippen molar-refractivity contribution in [3.63, 3.8) is 0 Å². The molecule has 0 radical (unpaired) electrons. The van der Waals surface area contributed by atoms with Crippen molar-refractivity contribution in [2.45, 2.75) is 19.5 Å². The molecule has 0 bridgehead atoms. The van der Waals surface area contributed by atoms with E-state index in [1.807, 2.05) is 7.05 Å². The molecule has 9 heteroatoms. The van der Waals surface area contributed by atoms with Gasteiger partial charge in [0.2, 0.25) is 0 Å². The first-order chi connectivity index (χ1) is 13.4. The van der Waals surface area contributed by atoms with Crippen molar-refractivity contribution in [1.29, 1.82) is 0 Å². The van der Waals surface area contributed by atoms with Crippen LogP contribution in [0.1, 0.15) is 27.6 Å². The second kappa shape index (κ2) is 7.01. The minimum atomic E-state index is -0.673. The number of pyridine rings is 1. The summed E-state index contributed by atoms with van der Waals surface area (Å²) in [6.45, 7) is 1.79. The monoisotopic (exact) mass is 382 g/mol. The number of carbonyl (C=O) groups is 1. The molecule has 3 N–H and O–H groups in total. The fraction of sp³-hybridized carbons (Fsp3) is 0.263. The predicted octanol–water partition coefficient (Wildman–Crippen LogP) is 1.38. The number of carbonyl (C=O) groups excluding carboxylic acids is 1. The molecule has 1 amide bonds. The lowest BCUT2D eigenvalue weighted by Gasteiger charge is -2.29. The Hall–Kier alpha value is -3.33. The number of benzene rings is 1. The Labute approximate surface area is 160 Å². The lowest BCUT2D eigenvalue weighted by Crippen LogP contribution is -2.33. The molecule has 4 rings (SSSR count). The van der Waals surface area contributed by atoms with Crippen LogP contribution in [0.2, 0.25) is 0 Å². The summed E-state index contributed by atoms with van der Waals surface area (Å²) >= 11 is 0. The maximum absolute atomic E-state index is 14.5. The van der Waals surface area contributed by atoms with Crippen LogP contribution in [0.15, 0.2) is 30.6 Å². The summed E-state index contributed by atoms with van der Waals surface area (Å²) < 4.78 is 16.2. The van der Waals surface area contributed by atoms with Gasteiger partial charge >= 0.3 is 0 Å². The average molecular weight is 382 g/mol. The molecule has 144 valence electrons. The number of phenolic OH excluding ortho intramolecular Hbond substituents is 1. The zero-order valence-corrected chi connectivity index (χ0v) is 15.3. The van der Waals surface area contributed by atoms with Crippen molar-refractivity contribution in [2.75, 3.05) is 6.54 Å². The Kier molecular flexibility index (Phi) is 4.52. The van der Waals surface area contributed by atoms with E-state index in [4.69, 9.17) is 5.73 Å². The van der Waals surface area contributed by atoms with E-state index < -0.39 is 11.7 Å². The Bertz CT molecular complexity index is 1060. The van der Waals surface area contributed by atoms with E-state index in [9.17, 15) is 14.3 Å². The zero-order valence-electron chi connectivity index (χ0n) is 15.3. The number of aromatic hydroxyl groups is 1. The van der Waals surface area contributed by atoms with Gasteiger partial charge in [-0.3, -0.25) is 14.4 Å². The van der Waals surface area contributed by atoms with E-state index in [2.05, 4.69) is 20.0 Å². The third-order valence-corrected chi connectivity index (χ3v) is 4.93. The van der Waals surface area contributed by atoms with Gasteiger partial charge in [0.25, 0.3) is 5.91 Å². The maximum atomic E-state index is 14.5. The van der Waals surface area contributed by atoms with Gasteiger partial charge in [-0.25, -0.2) is 14.4 Å². The van der Waals surface area contributed by atoms with Crippen molar-refractivity contribution in [3.8, 4) is 16.9 Å². The number of aromatic nitrogens is 4. The Morgan fingerprint density at radius 2 is 2.14 bits per heavy atom. The number of rotatable bonds is 4. The molecule has 8 nitrogen and oxygen atoms in total. The first-order valence-corrected chi connectivity index (χ1v) is 8.79. The number of halogens is 1. The summed E-state index contributed by atoms with van der Waals surface area (Å²) in [5.74, 6) is -0.576. The predicted molar refractivity (Wildman–Crippen MR) is 98.6 cm³/mol. The number of hydrogen-bond donors (Lipinski definition) is 2. The van der Waals surface area contributed by atoms with Crippen LogP contribution in [0.5, 0.6) is 5.75 Å². The van der Waals surface area contributed by atoms with Crippen LogP contribution in [0.25, 0.3) is 11.1 Å². The van der Waals surface area contributed by atoms with E-state index >= 15 is 0 Å². The number of nitrogens with two attached hydrogens (primary N) is 1. The number of aryl methyl sites for hydroxylation is 1. The highest BCUT2D eigenvalue weighted by atomic mass is 19.1. The molecule has 0 fully saturated rings. The highest BCUT2D eigenvalue weighted by Gasteiger charge is 2.25. The molecule has 0 aliphatic carbocycles. The first-order valence-electron chi connectivity index (χ1n) is 8.79. The number of phenols is 1. The molecule has 3 heterocycles. The van der Waals surface area contributed by atoms with Crippen LogP contribution < -0.4 is 5.73 Å². The van der Waals surface area contributed by atoms with Gasteiger partial charge < -0.3 is 10.8 Å². The average Bonchev–Trinajstić information content (AvgIpc) is 3.05. The molecule has 0 atom stereocenters. The van der Waals surface area contributed by atoms with E-state index in [1.165, 1.54) is 24.5 Å². The van der Waals surface area contributed by atoms with Gasteiger partial charge in [0, 0.05) is 31.8 Å². The molecule has 0 spiro atoms. The van der Waals surface area contributed by atoms with Gasteiger partial charge in [-0.2, -0.15) is 5.10 Å². The SMILES string of the molecule is Cn1ncnc1CN1CCc2c(-c3ccc(O)cc3F)cc(C(N)=O)nc2C1. The smallest absolute Gasteiger partial charge is 0.267 e. The van der Waals surface area contributed by atoms with Gasteiger partial charge in [0.05, 0.1) is 12.2 Å². The molecule has 2 aromatic heterocycles. The van der Waals surface area contributed by atoms with Gasteiger partial charge in [-0.1, -0.05) is 0 Å². The first kappa shape index (κ1) is 18.1. The fourth-order valence-corrected chi connectivity index (χ4v) is 3.48.